The fourth-order valence-corrected chi connectivity index (χ4v) is 3.84. The first kappa shape index (κ1) is 19.7. The summed E-state index contributed by atoms with van der Waals surface area (Å²) in [6.07, 6.45) is 4.29. The van der Waals surface area contributed by atoms with E-state index in [-0.39, 0.29) is 0 Å². The summed E-state index contributed by atoms with van der Waals surface area (Å²) < 4.78 is 13.4. The SMILES string of the molecule is Cn1nc(C2CC2)cc1Oc1cc(C#N)ccc1-c1ccc(CN2CCOCC2)cn1. The van der Waals surface area contributed by atoms with Crippen LogP contribution in [0.5, 0.6) is 11.6 Å². The molecule has 2 aliphatic rings. The Morgan fingerprint density at radius 2 is 2.00 bits per heavy atom. The first-order valence-electron chi connectivity index (χ1n) is 10.7. The van der Waals surface area contributed by atoms with Gasteiger partial charge in [0.1, 0.15) is 5.75 Å². The Morgan fingerprint density at radius 1 is 1.16 bits per heavy atom. The Morgan fingerprint density at radius 3 is 2.71 bits per heavy atom. The standard InChI is InChI=1S/C24H25N5O2/c1-28-24(13-22(27-28)19-4-5-19)31-23-12-17(14-25)2-6-20(23)21-7-3-18(15-26-21)16-29-8-10-30-11-9-29/h2-3,6-7,12-13,15,19H,4-5,8-11,16H2,1H3. The lowest BCUT2D eigenvalue weighted by molar-refractivity contribution is 0.0341. The second kappa shape index (κ2) is 8.50. The van der Waals surface area contributed by atoms with Crippen LogP contribution in [0, 0.1) is 11.3 Å². The molecule has 1 aliphatic heterocycles. The first-order valence-corrected chi connectivity index (χ1v) is 10.7. The highest BCUT2D eigenvalue weighted by Crippen LogP contribution is 2.41. The van der Waals surface area contributed by atoms with E-state index in [1.54, 1.807) is 16.8 Å². The Hall–Kier alpha value is -3.21. The summed E-state index contributed by atoms with van der Waals surface area (Å²) in [6.45, 7) is 4.33. The minimum absolute atomic E-state index is 0.548. The van der Waals surface area contributed by atoms with Crippen LogP contribution in [0.1, 0.15) is 35.6 Å². The van der Waals surface area contributed by atoms with Gasteiger partial charge in [-0.2, -0.15) is 10.4 Å². The van der Waals surface area contributed by atoms with E-state index in [0.717, 1.165) is 49.8 Å². The number of hydrogen-bond acceptors (Lipinski definition) is 6. The Balaban J connectivity index is 1.40. The van der Waals surface area contributed by atoms with Gasteiger partial charge >= 0.3 is 0 Å². The largest absolute Gasteiger partial charge is 0.439 e. The molecule has 0 radical (unpaired) electrons. The predicted molar refractivity (Wildman–Crippen MR) is 116 cm³/mol. The molecule has 1 saturated carbocycles. The highest BCUT2D eigenvalue weighted by molar-refractivity contribution is 5.69. The number of aromatic nitrogens is 3. The molecule has 1 aromatic carbocycles. The average Bonchev–Trinajstić information content (AvgIpc) is 3.59. The molecule has 0 bridgehead atoms. The minimum Gasteiger partial charge on any atom is -0.439 e. The maximum Gasteiger partial charge on any atom is 0.217 e. The first-order chi connectivity index (χ1) is 15.2. The normalized spacial score (nSPS) is 16.8. The van der Waals surface area contributed by atoms with Crippen molar-refractivity contribution < 1.29 is 9.47 Å². The lowest BCUT2D eigenvalue weighted by atomic mass is 10.1. The number of ether oxygens (including phenoxy) is 2. The highest BCUT2D eigenvalue weighted by atomic mass is 16.5. The average molecular weight is 415 g/mol. The number of nitriles is 1. The predicted octanol–water partition coefficient (Wildman–Crippen LogP) is 3.86. The maximum atomic E-state index is 9.37. The van der Waals surface area contributed by atoms with Crippen molar-refractivity contribution in [3.8, 4) is 29.0 Å². The van der Waals surface area contributed by atoms with E-state index < -0.39 is 0 Å². The summed E-state index contributed by atoms with van der Waals surface area (Å²) in [7, 11) is 1.88. The van der Waals surface area contributed by atoms with Crippen LogP contribution < -0.4 is 4.74 Å². The van der Waals surface area contributed by atoms with Crippen molar-refractivity contribution >= 4 is 0 Å². The lowest BCUT2D eigenvalue weighted by Crippen LogP contribution is -2.35. The Kier molecular flexibility index (Phi) is 5.41. The van der Waals surface area contributed by atoms with Crippen molar-refractivity contribution in [2.45, 2.75) is 25.3 Å². The summed E-state index contributed by atoms with van der Waals surface area (Å²) in [5.74, 6) is 1.83. The molecule has 5 rings (SSSR count). The van der Waals surface area contributed by atoms with Gasteiger partial charge in [0.2, 0.25) is 5.88 Å². The van der Waals surface area contributed by atoms with Gasteiger partial charge in [0.05, 0.1) is 36.2 Å². The zero-order valence-electron chi connectivity index (χ0n) is 17.6. The van der Waals surface area contributed by atoms with Crippen LogP contribution in [0.3, 0.4) is 0 Å². The number of nitrogens with zero attached hydrogens (tertiary/aromatic N) is 5. The maximum absolute atomic E-state index is 9.37. The molecule has 158 valence electrons. The van der Waals surface area contributed by atoms with Crippen molar-refractivity contribution in [1.82, 2.24) is 19.7 Å². The molecule has 2 fully saturated rings. The summed E-state index contributed by atoms with van der Waals surface area (Å²) in [6, 6.07) is 13.8. The van der Waals surface area contributed by atoms with E-state index in [4.69, 9.17) is 14.5 Å². The number of rotatable bonds is 6. The third kappa shape index (κ3) is 4.46. The van der Waals surface area contributed by atoms with Crippen molar-refractivity contribution in [2.75, 3.05) is 26.3 Å². The second-order valence-corrected chi connectivity index (χ2v) is 8.17. The topological polar surface area (TPSA) is 76.2 Å². The van der Waals surface area contributed by atoms with Crippen LogP contribution in [0.4, 0.5) is 0 Å². The molecule has 0 spiro atoms. The quantitative estimate of drug-likeness (QED) is 0.609. The van der Waals surface area contributed by atoms with E-state index in [9.17, 15) is 5.26 Å². The molecular formula is C24H25N5O2. The molecule has 7 nitrogen and oxygen atoms in total. The fraction of sp³-hybridized carbons (Fsp3) is 0.375. The third-order valence-electron chi connectivity index (χ3n) is 5.79. The number of hydrogen-bond donors (Lipinski definition) is 0. The Labute approximate surface area is 181 Å². The highest BCUT2D eigenvalue weighted by Gasteiger charge is 2.27. The molecule has 0 N–H and O–H groups in total. The van der Waals surface area contributed by atoms with Crippen LogP contribution in [0.25, 0.3) is 11.3 Å². The molecule has 3 aromatic rings. The minimum atomic E-state index is 0.548. The third-order valence-corrected chi connectivity index (χ3v) is 5.79. The van der Waals surface area contributed by atoms with E-state index in [0.29, 0.717) is 23.1 Å². The van der Waals surface area contributed by atoms with Gasteiger partial charge in [-0.05, 0) is 42.7 Å². The second-order valence-electron chi connectivity index (χ2n) is 8.17. The molecule has 31 heavy (non-hydrogen) atoms. The smallest absolute Gasteiger partial charge is 0.217 e. The van der Waals surface area contributed by atoms with Crippen molar-refractivity contribution in [1.29, 1.82) is 5.26 Å². The van der Waals surface area contributed by atoms with Gasteiger partial charge in [0.25, 0.3) is 0 Å². The fourth-order valence-electron chi connectivity index (χ4n) is 3.84. The zero-order chi connectivity index (χ0) is 21.2. The summed E-state index contributed by atoms with van der Waals surface area (Å²) in [5, 5.41) is 13.9. The molecule has 7 heteroatoms. The molecular weight excluding hydrogens is 390 g/mol. The molecule has 0 unspecified atom stereocenters. The molecule has 1 saturated heterocycles. The molecule has 3 heterocycles. The number of morpholine rings is 1. The number of aryl methyl sites for hydroxylation is 1. The van der Waals surface area contributed by atoms with Gasteiger partial charge in [0, 0.05) is 50.4 Å². The van der Waals surface area contributed by atoms with Crippen LogP contribution in [-0.2, 0) is 18.3 Å². The van der Waals surface area contributed by atoms with Gasteiger partial charge in [-0.1, -0.05) is 6.07 Å². The van der Waals surface area contributed by atoms with Crippen LogP contribution >= 0.6 is 0 Å². The van der Waals surface area contributed by atoms with Crippen molar-refractivity contribution in [3.05, 3.63) is 59.4 Å². The van der Waals surface area contributed by atoms with Crippen molar-refractivity contribution in [3.63, 3.8) is 0 Å². The van der Waals surface area contributed by atoms with Crippen molar-refractivity contribution in [2.24, 2.45) is 7.05 Å². The van der Waals surface area contributed by atoms with Crippen LogP contribution in [-0.4, -0.2) is 46.0 Å². The number of pyridine rings is 1. The van der Waals surface area contributed by atoms with E-state index >= 15 is 0 Å². The molecule has 2 aromatic heterocycles. The zero-order valence-corrected chi connectivity index (χ0v) is 17.6. The van der Waals surface area contributed by atoms with Crippen LogP contribution in [0.2, 0.25) is 0 Å². The van der Waals surface area contributed by atoms with E-state index in [1.165, 1.54) is 18.4 Å². The summed E-state index contributed by atoms with van der Waals surface area (Å²) in [4.78, 5) is 7.07. The molecule has 0 atom stereocenters. The molecule has 0 amide bonds. The van der Waals surface area contributed by atoms with Crippen LogP contribution in [0.15, 0.2) is 42.6 Å². The Bertz CT molecular complexity index is 1110. The van der Waals surface area contributed by atoms with E-state index in [1.807, 2.05) is 31.4 Å². The summed E-state index contributed by atoms with van der Waals surface area (Å²) in [5.41, 5.74) is 4.46. The van der Waals surface area contributed by atoms with Gasteiger partial charge in [0.15, 0.2) is 0 Å². The monoisotopic (exact) mass is 415 g/mol. The lowest BCUT2D eigenvalue weighted by Gasteiger charge is -2.26. The van der Waals surface area contributed by atoms with Gasteiger partial charge in [-0.25, -0.2) is 4.68 Å². The number of benzene rings is 1. The van der Waals surface area contributed by atoms with Gasteiger partial charge in [-0.15, -0.1) is 0 Å². The van der Waals surface area contributed by atoms with Gasteiger partial charge in [-0.3, -0.25) is 9.88 Å². The van der Waals surface area contributed by atoms with E-state index in [2.05, 4.69) is 22.1 Å². The van der Waals surface area contributed by atoms with Gasteiger partial charge < -0.3 is 9.47 Å². The summed E-state index contributed by atoms with van der Waals surface area (Å²) >= 11 is 0. The molecule has 1 aliphatic carbocycles.